The molecule has 0 N–H and O–H groups in total. The molecule has 1 aromatic rings. The van der Waals surface area contributed by atoms with E-state index in [9.17, 15) is 9.35 Å². The van der Waals surface area contributed by atoms with Gasteiger partial charge in [0.05, 0.1) is 10.7 Å². The summed E-state index contributed by atoms with van der Waals surface area (Å²) >= 11 is -0.809. The molecule has 1 saturated heterocycles. The Morgan fingerprint density at radius 3 is 2.81 bits per heavy atom. The van der Waals surface area contributed by atoms with Crippen molar-refractivity contribution < 1.29 is 18.7 Å². The summed E-state index contributed by atoms with van der Waals surface area (Å²) in [6.07, 6.45) is 1.58. The predicted octanol–water partition coefficient (Wildman–Crippen LogP) is 1.02. The number of carbonyl (C=O) groups is 1. The summed E-state index contributed by atoms with van der Waals surface area (Å²) in [5.74, 6) is 1.08. The molecule has 1 unspecified atom stereocenters. The van der Waals surface area contributed by atoms with Gasteiger partial charge >= 0.3 is 0 Å². The summed E-state index contributed by atoms with van der Waals surface area (Å²) in [4.78, 5) is 13.4. The van der Waals surface area contributed by atoms with Crippen LogP contribution < -0.4 is 9.80 Å². The normalized spacial score (nSPS) is 22.2. The van der Waals surface area contributed by atoms with Crippen molar-refractivity contribution in [2.24, 2.45) is 5.41 Å². The van der Waals surface area contributed by atoms with Gasteiger partial charge in [0.1, 0.15) is 29.5 Å². The third-order valence-corrected chi connectivity index (χ3v) is 4.95. The van der Waals surface area contributed by atoms with Crippen molar-refractivity contribution in [2.75, 3.05) is 23.1 Å². The minimum Gasteiger partial charge on any atom is -0.616 e. The van der Waals surface area contributed by atoms with Gasteiger partial charge in [0.25, 0.3) is 6.20 Å². The highest BCUT2D eigenvalue weighted by atomic mass is 32.2. The van der Waals surface area contributed by atoms with E-state index in [1.165, 1.54) is 0 Å². The molecule has 0 radical (unpaired) electrons. The van der Waals surface area contributed by atoms with E-state index in [0.717, 1.165) is 0 Å². The molecule has 0 bridgehead atoms. The van der Waals surface area contributed by atoms with E-state index in [-0.39, 0.29) is 17.3 Å². The maximum absolute atomic E-state index is 11.9. The third-order valence-electron chi connectivity index (χ3n) is 3.29. The summed E-state index contributed by atoms with van der Waals surface area (Å²) in [7, 11) is 0. The molecule has 2 rings (SSSR count). The van der Waals surface area contributed by atoms with Crippen LogP contribution in [-0.4, -0.2) is 39.3 Å². The first-order chi connectivity index (χ1) is 9.59. The second-order valence-corrected chi connectivity index (χ2v) is 8.43. The molecule has 1 aliphatic rings. The maximum Gasteiger partial charge on any atom is 0.257 e. The number of hydrogen-bond donors (Lipinski definition) is 0. The zero-order valence-corrected chi connectivity index (χ0v) is 13.9. The number of nitrogens with zero attached hydrogens (tertiary/aromatic N) is 4. The average molecular weight is 314 g/mol. The van der Waals surface area contributed by atoms with Crippen molar-refractivity contribution in [2.45, 2.75) is 40.2 Å². The average Bonchev–Trinajstić information content (AvgIpc) is 2.74. The fourth-order valence-electron chi connectivity index (χ4n) is 2.07. The SMILES string of the molecule is CC(C)(C)C(=O)[N-]c1c[n+](N2CC[S+]([O-])CC2(C)C)no1. The van der Waals surface area contributed by atoms with Crippen LogP contribution in [0.5, 0.6) is 0 Å². The molecule has 1 aromatic heterocycles. The Kier molecular flexibility index (Phi) is 4.21. The van der Waals surface area contributed by atoms with Gasteiger partial charge in [-0.15, -0.1) is 5.01 Å². The second kappa shape index (κ2) is 5.49. The lowest BCUT2D eigenvalue weighted by atomic mass is 9.96. The van der Waals surface area contributed by atoms with Crippen LogP contribution >= 0.6 is 0 Å². The Balaban J connectivity index is 2.11. The third kappa shape index (κ3) is 3.68. The summed E-state index contributed by atoms with van der Waals surface area (Å²) < 4.78 is 16.8. The van der Waals surface area contributed by atoms with Crippen molar-refractivity contribution in [1.29, 1.82) is 0 Å². The van der Waals surface area contributed by atoms with Gasteiger partial charge in [0.2, 0.25) is 5.27 Å². The van der Waals surface area contributed by atoms with Gasteiger partial charge in [0, 0.05) is 5.41 Å². The van der Waals surface area contributed by atoms with E-state index in [4.69, 9.17) is 4.52 Å². The number of aromatic nitrogens is 2. The smallest absolute Gasteiger partial charge is 0.257 e. The van der Waals surface area contributed by atoms with Crippen LogP contribution in [0.3, 0.4) is 0 Å². The van der Waals surface area contributed by atoms with Crippen molar-refractivity contribution >= 4 is 23.0 Å². The van der Waals surface area contributed by atoms with Gasteiger partial charge in [-0.05, 0) is 25.0 Å². The molecule has 8 heteroatoms. The van der Waals surface area contributed by atoms with Crippen LogP contribution in [0.25, 0.3) is 5.32 Å². The fourth-order valence-corrected chi connectivity index (χ4v) is 3.53. The van der Waals surface area contributed by atoms with Crippen LogP contribution in [0, 0.1) is 5.41 Å². The van der Waals surface area contributed by atoms with Gasteiger partial charge in [-0.25, -0.2) is 0 Å². The van der Waals surface area contributed by atoms with Crippen molar-refractivity contribution in [3.63, 3.8) is 0 Å². The molecule has 1 amide bonds. The molecular weight excluding hydrogens is 292 g/mol. The molecule has 118 valence electrons. The highest BCUT2D eigenvalue weighted by Gasteiger charge is 2.43. The lowest BCUT2D eigenvalue weighted by Crippen LogP contribution is -2.72. The fraction of sp³-hybridized carbons (Fsp3) is 0.769. The van der Waals surface area contributed by atoms with E-state index in [1.54, 1.807) is 31.8 Å². The molecule has 0 aromatic carbocycles. The Bertz CT molecular complexity index is 524. The molecule has 0 saturated carbocycles. The first kappa shape index (κ1) is 16.1. The molecule has 1 fully saturated rings. The highest BCUT2D eigenvalue weighted by Crippen LogP contribution is 2.25. The van der Waals surface area contributed by atoms with Gasteiger partial charge in [-0.3, -0.25) is 0 Å². The van der Waals surface area contributed by atoms with Crippen molar-refractivity contribution in [1.82, 2.24) is 5.27 Å². The van der Waals surface area contributed by atoms with Crippen molar-refractivity contribution in [3.8, 4) is 0 Å². The van der Waals surface area contributed by atoms with E-state index < -0.39 is 16.6 Å². The highest BCUT2D eigenvalue weighted by molar-refractivity contribution is 7.91. The molecule has 1 atom stereocenters. The van der Waals surface area contributed by atoms with Gasteiger partial charge < -0.3 is 19.2 Å². The Morgan fingerprint density at radius 1 is 1.57 bits per heavy atom. The van der Waals surface area contributed by atoms with Gasteiger partial charge in [-0.2, -0.15) is 0 Å². The quantitative estimate of drug-likeness (QED) is 0.601. The summed E-state index contributed by atoms with van der Waals surface area (Å²) in [5.41, 5.74) is -0.852. The molecule has 0 spiro atoms. The number of rotatable bonds is 2. The first-order valence-corrected chi connectivity index (χ1v) is 8.36. The van der Waals surface area contributed by atoms with Crippen LogP contribution in [0.1, 0.15) is 34.6 Å². The van der Waals surface area contributed by atoms with E-state index in [1.807, 2.05) is 18.9 Å². The minimum atomic E-state index is -0.809. The summed E-state index contributed by atoms with van der Waals surface area (Å²) in [6.45, 7) is 10.0. The van der Waals surface area contributed by atoms with Crippen LogP contribution in [0.4, 0.5) is 5.88 Å². The summed E-state index contributed by atoms with van der Waals surface area (Å²) in [6, 6.07) is 0. The van der Waals surface area contributed by atoms with Crippen LogP contribution in [0.2, 0.25) is 0 Å². The van der Waals surface area contributed by atoms with Crippen molar-refractivity contribution in [3.05, 3.63) is 11.5 Å². The van der Waals surface area contributed by atoms with Crippen LogP contribution in [0.15, 0.2) is 10.7 Å². The van der Waals surface area contributed by atoms with Gasteiger partial charge in [-0.1, -0.05) is 20.8 Å². The Labute approximate surface area is 127 Å². The lowest BCUT2D eigenvalue weighted by molar-refractivity contribution is -0.764. The monoisotopic (exact) mass is 314 g/mol. The minimum absolute atomic E-state index is 0.178. The number of hydrogen-bond acceptors (Lipinski definition) is 5. The Morgan fingerprint density at radius 2 is 2.24 bits per heavy atom. The van der Waals surface area contributed by atoms with Gasteiger partial charge in [0.15, 0.2) is 0 Å². The van der Waals surface area contributed by atoms with E-state index >= 15 is 0 Å². The standard InChI is InChI=1S/C13H22N4O3S/c1-12(2,3)11(18)14-10-8-17(15-20-10)16-6-7-21(19)9-13(16,4)5/h8H,6-7,9H2,1-5H3. The molecule has 21 heavy (non-hydrogen) atoms. The first-order valence-electron chi connectivity index (χ1n) is 6.87. The molecular formula is C13H22N4O3S. The molecule has 1 aliphatic heterocycles. The van der Waals surface area contributed by atoms with Crippen LogP contribution in [-0.2, 0) is 16.0 Å². The molecule has 7 nitrogen and oxygen atoms in total. The number of carbonyl (C=O) groups excluding carboxylic acids is 1. The van der Waals surface area contributed by atoms with E-state index in [0.29, 0.717) is 18.1 Å². The lowest BCUT2D eigenvalue weighted by Gasteiger charge is -2.35. The maximum atomic E-state index is 11.9. The second-order valence-electron chi connectivity index (χ2n) is 6.85. The topological polar surface area (TPSA) is 87.4 Å². The zero-order chi connectivity index (χ0) is 15.8. The zero-order valence-electron chi connectivity index (χ0n) is 13.1. The molecule has 0 aliphatic carbocycles. The van der Waals surface area contributed by atoms with E-state index in [2.05, 4.69) is 10.6 Å². The largest absolute Gasteiger partial charge is 0.616 e. The molecule has 2 heterocycles. The Hall–Kier alpha value is -1.28. The number of amides is 1. The summed E-state index contributed by atoms with van der Waals surface area (Å²) in [5, 5.41) is 9.82. The predicted molar refractivity (Wildman–Crippen MR) is 79.2 cm³/mol.